The summed E-state index contributed by atoms with van der Waals surface area (Å²) in [7, 11) is 0. The summed E-state index contributed by atoms with van der Waals surface area (Å²) in [6.45, 7) is 7.49. The molecule has 3 aliphatic heterocycles. The monoisotopic (exact) mass is 437 g/mol. The number of hydrogen-bond acceptors (Lipinski definition) is 5. The number of carbonyl (C=O) groups excluding carboxylic acids is 1. The number of rotatable bonds is 4. The van der Waals surface area contributed by atoms with Crippen molar-refractivity contribution in [3.8, 4) is 11.5 Å². The summed E-state index contributed by atoms with van der Waals surface area (Å²) in [5.41, 5.74) is 1.22. The summed E-state index contributed by atoms with van der Waals surface area (Å²) < 4.78 is 12.0. The van der Waals surface area contributed by atoms with Gasteiger partial charge in [-0.15, -0.1) is 0 Å². The van der Waals surface area contributed by atoms with Gasteiger partial charge in [0, 0.05) is 50.3 Å². The van der Waals surface area contributed by atoms with Crippen LogP contribution in [0.2, 0.25) is 0 Å². The highest BCUT2D eigenvalue weighted by Gasteiger charge is 2.23. The van der Waals surface area contributed by atoms with Crippen LogP contribution in [0.4, 0.5) is 0 Å². The minimum atomic E-state index is 0.301. The molecule has 0 saturated carbocycles. The van der Waals surface area contributed by atoms with Gasteiger partial charge >= 0.3 is 0 Å². The number of benzene rings is 1. The van der Waals surface area contributed by atoms with Crippen molar-refractivity contribution in [1.29, 1.82) is 0 Å². The van der Waals surface area contributed by atoms with Gasteiger partial charge in [0.15, 0.2) is 11.5 Å². The van der Waals surface area contributed by atoms with Crippen LogP contribution in [0.25, 0.3) is 0 Å². The van der Waals surface area contributed by atoms with Crippen LogP contribution in [-0.2, 0) is 11.3 Å². The molecule has 1 amide bonds. The molecule has 0 radical (unpaired) electrons. The average Bonchev–Trinajstić information content (AvgIpc) is 2.94. The van der Waals surface area contributed by atoms with Crippen LogP contribution in [-0.4, -0.2) is 73.2 Å². The number of nitrogens with zero attached hydrogens (tertiary/aromatic N) is 3. The maximum Gasteiger partial charge on any atom is 0.236 e. The zero-order valence-electron chi connectivity index (χ0n) is 15.8. The molecule has 0 bridgehead atoms. The maximum absolute atomic E-state index is 12.6. The van der Waals surface area contributed by atoms with E-state index < -0.39 is 0 Å². The highest BCUT2D eigenvalue weighted by Crippen LogP contribution is 2.37. The Morgan fingerprint density at radius 2 is 1.52 bits per heavy atom. The fourth-order valence-electron chi connectivity index (χ4n) is 4.04. The van der Waals surface area contributed by atoms with Crippen molar-refractivity contribution in [2.24, 2.45) is 0 Å². The summed E-state index contributed by atoms with van der Waals surface area (Å²) in [5.74, 6) is 1.95. The normalized spacial score (nSPS) is 21.3. The average molecular weight is 438 g/mol. The number of amides is 1. The zero-order chi connectivity index (χ0) is 18.6. The van der Waals surface area contributed by atoms with E-state index in [9.17, 15) is 4.79 Å². The molecule has 1 aromatic rings. The summed E-state index contributed by atoms with van der Waals surface area (Å²) in [5, 5.41) is 0. The molecule has 0 aliphatic carbocycles. The van der Waals surface area contributed by atoms with Gasteiger partial charge in [-0.2, -0.15) is 0 Å². The van der Waals surface area contributed by atoms with Crippen molar-refractivity contribution in [3.05, 3.63) is 22.2 Å². The Kier molecular flexibility index (Phi) is 6.20. The topological polar surface area (TPSA) is 45.3 Å². The van der Waals surface area contributed by atoms with Gasteiger partial charge in [-0.1, -0.05) is 28.8 Å². The first kappa shape index (κ1) is 19.0. The Labute approximate surface area is 169 Å². The second kappa shape index (κ2) is 8.80. The molecule has 6 nitrogen and oxygen atoms in total. The van der Waals surface area contributed by atoms with E-state index in [4.69, 9.17) is 9.47 Å². The molecule has 0 spiro atoms. The first-order valence-corrected chi connectivity index (χ1v) is 10.8. The third-order valence-corrected chi connectivity index (χ3v) is 6.46. The Bertz CT molecular complexity index is 669. The minimum absolute atomic E-state index is 0.301. The molecular weight excluding hydrogens is 410 g/mol. The number of likely N-dealkylation sites (tertiary alicyclic amines) is 1. The summed E-state index contributed by atoms with van der Waals surface area (Å²) in [6, 6.07) is 4.06. The van der Waals surface area contributed by atoms with Crippen molar-refractivity contribution in [2.45, 2.75) is 32.2 Å². The van der Waals surface area contributed by atoms with Crippen molar-refractivity contribution >= 4 is 21.8 Å². The molecule has 0 N–H and O–H groups in total. The predicted molar refractivity (Wildman–Crippen MR) is 107 cm³/mol. The van der Waals surface area contributed by atoms with Gasteiger partial charge in [-0.05, 0) is 30.5 Å². The van der Waals surface area contributed by atoms with Gasteiger partial charge in [-0.3, -0.25) is 14.6 Å². The number of ether oxygens (including phenoxy) is 2. The third-order valence-electron chi connectivity index (χ3n) is 5.72. The van der Waals surface area contributed by atoms with E-state index in [1.165, 1.54) is 18.4 Å². The molecule has 3 heterocycles. The standard InChI is InChI=1S/C20H28BrN3O3/c21-17-12-19-18(26-15-27-19)11-16(17)13-22-7-9-23(10-8-22)14-20(25)24-5-3-1-2-4-6-24/h11-12H,1-10,13-15H2. The lowest BCUT2D eigenvalue weighted by atomic mass is 10.1. The lowest BCUT2D eigenvalue weighted by Crippen LogP contribution is -2.49. The number of fused-ring (bicyclic) bond motifs is 1. The summed E-state index contributed by atoms with van der Waals surface area (Å²) >= 11 is 3.65. The van der Waals surface area contributed by atoms with E-state index in [2.05, 4.69) is 36.7 Å². The minimum Gasteiger partial charge on any atom is -0.454 e. The Balaban J connectivity index is 1.26. The fourth-order valence-corrected chi connectivity index (χ4v) is 4.49. The van der Waals surface area contributed by atoms with E-state index in [1.54, 1.807) is 0 Å². The van der Waals surface area contributed by atoms with Crippen molar-refractivity contribution in [3.63, 3.8) is 0 Å². The molecule has 0 unspecified atom stereocenters. The lowest BCUT2D eigenvalue weighted by molar-refractivity contribution is -0.132. The van der Waals surface area contributed by atoms with Crippen LogP contribution in [0.15, 0.2) is 16.6 Å². The fraction of sp³-hybridized carbons (Fsp3) is 0.650. The van der Waals surface area contributed by atoms with Gasteiger partial charge in [0.25, 0.3) is 0 Å². The molecular formula is C20H28BrN3O3. The molecule has 0 aromatic heterocycles. The van der Waals surface area contributed by atoms with Crippen molar-refractivity contribution in [2.75, 3.05) is 52.6 Å². The van der Waals surface area contributed by atoms with E-state index in [0.717, 1.165) is 74.6 Å². The smallest absolute Gasteiger partial charge is 0.236 e. The van der Waals surface area contributed by atoms with Crippen molar-refractivity contribution in [1.82, 2.24) is 14.7 Å². The van der Waals surface area contributed by atoms with Gasteiger partial charge in [0.05, 0.1) is 6.54 Å². The van der Waals surface area contributed by atoms with E-state index in [-0.39, 0.29) is 0 Å². The van der Waals surface area contributed by atoms with Gasteiger partial charge < -0.3 is 14.4 Å². The Hall–Kier alpha value is -1.31. The van der Waals surface area contributed by atoms with Crippen molar-refractivity contribution < 1.29 is 14.3 Å². The largest absolute Gasteiger partial charge is 0.454 e. The van der Waals surface area contributed by atoms with Crippen LogP contribution >= 0.6 is 15.9 Å². The van der Waals surface area contributed by atoms with E-state index in [1.807, 2.05) is 6.07 Å². The van der Waals surface area contributed by atoms with Crippen LogP contribution in [0.5, 0.6) is 11.5 Å². The highest BCUT2D eigenvalue weighted by atomic mass is 79.9. The molecule has 2 fully saturated rings. The molecule has 7 heteroatoms. The van der Waals surface area contributed by atoms with Gasteiger partial charge in [-0.25, -0.2) is 0 Å². The first-order valence-electron chi connectivity index (χ1n) is 9.99. The molecule has 2 saturated heterocycles. The quantitative estimate of drug-likeness (QED) is 0.724. The molecule has 148 valence electrons. The predicted octanol–water partition coefficient (Wildman–Crippen LogP) is 2.70. The molecule has 0 atom stereocenters. The van der Waals surface area contributed by atoms with Gasteiger partial charge in [0.1, 0.15) is 0 Å². The molecule has 4 rings (SSSR count). The van der Waals surface area contributed by atoms with Crippen LogP contribution in [0, 0.1) is 0 Å². The second-order valence-corrected chi connectivity index (χ2v) is 8.50. The Morgan fingerprint density at radius 1 is 0.889 bits per heavy atom. The number of halogens is 1. The third kappa shape index (κ3) is 4.76. The first-order chi connectivity index (χ1) is 13.2. The zero-order valence-corrected chi connectivity index (χ0v) is 17.4. The number of piperazine rings is 1. The SMILES string of the molecule is O=C(CN1CCN(Cc2cc3c(cc2Br)OCO3)CC1)N1CCCCCC1. The maximum atomic E-state index is 12.6. The van der Waals surface area contributed by atoms with E-state index in [0.29, 0.717) is 19.2 Å². The number of carbonyl (C=O) groups is 1. The lowest BCUT2D eigenvalue weighted by Gasteiger charge is -2.35. The number of hydrogen-bond donors (Lipinski definition) is 0. The van der Waals surface area contributed by atoms with Gasteiger partial charge in [0.2, 0.25) is 12.7 Å². The molecule has 3 aliphatic rings. The summed E-state index contributed by atoms with van der Waals surface area (Å²) in [6.07, 6.45) is 4.84. The second-order valence-electron chi connectivity index (χ2n) is 7.64. The summed E-state index contributed by atoms with van der Waals surface area (Å²) in [4.78, 5) is 19.4. The van der Waals surface area contributed by atoms with Crippen LogP contribution in [0.3, 0.4) is 0 Å². The molecule has 1 aromatic carbocycles. The Morgan fingerprint density at radius 3 is 2.22 bits per heavy atom. The van der Waals surface area contributed by atoms with E-state index >= 15 is 0 Å². The highest BCUT2D eigenvalue weighted by molar-refractivity contribution is 9.10. The van der Waals surface area contributed by atoms with Crippen LogP contribution in [0.1, 0.15) is 31.2 Å². The molecule has 27 heavy (non-hydrogen) atoms. The van der Waals surface area contributed by atoms with Crippen LogP contribution < -0.4 is 9.47 Å².